The van der Waals surface area contributed by atoms with Crippen molar-refractivity contribution in [3.8, 4) is 0 Å². The van der Waals surface area contributed by atoms with Gasteiger partial charge in [0.2, 0.25) is 0 Å². The summed E-state index contributed by atoms with van der Waals surface area (Å²) in [6.07, 6.45) is 3.70. The number of esters is 1. The van der Waals surface area contributed by atoms with Gasteiger partial charge in [-0.1, -0.05) is 39.3 Å². The standard InChI is InChI=1S/C22H30FO8P.C13H20N2O2.ClH.2Na/c1-12-8-16-15-5-4-13-9-14(24)6-7-19(13,2)21(15,23)17(25)10-20(16,3)22(12,27)18(26)11-31-32(28,29)30;1-3-15(4-2)9-10-17-13(16)11-5-7-12(14)8-6-11;;;/h6-7,9,12,15-17,25,27H,4-5,8,10-11H2,1-3H3,(H2,28,29,30);5-8H,3-4,9-10,14H2,1-2H3;1H;;/t12-,15+,16+,17+,19+,20+,21+,22+;;;;/m1..../s1. The molecule has 52 heavy (non-hydrogen) atoms. The molecular weight excluding hydrogens is 740 g/mol. The van der Waals surface area contributed by atoms with Gasteiger partial charge in [0.05, 0.1) is 11.7 Å². The number of benzene rings is 1. The number of carbonyl (C=O) groups is 3. The Morgan fingerprint density at radius 2 is 1.69 bits per heavy atom. The van der Waals surface area contributed by atoms with Crippen molar-refractivity contribution in [2.24, 2.45) is 28.6 Å². The van der Waals surface area contributed by atoms with Crippen LogP contribution in [-0.4, -0.2) is 152 Å². The zero-order chi connectivity index (χ0) is 36.6. The van der Waals surface area contributed by atoms with E-state index in [9.17, 15) is 29.2 Å². The molecule has 0 unspecified atom stereocenters. The summed E-state index contributed by atoms with van der Waals surface area (Å²) in [5, 5.41) is 22.8. The molecule has 12 nitrogen and oxygen atoms in total. The molecule has 0 amide bonds. The van der Waals surface area contributed by atoms with Gasteiger partial charge >= 0.3 is 13.8 Å². The van der Waals surface area contributed by atoms with Gasteiger partial charge in [-0.15, -0.1) is 12.4 Å². The number of anilines is 1. The number of likely N-dealkylation sites (N-methyl/N-ethyl adjacent to an activating group) is 1. The minimum absolute atomic E-state index is 0. The molecule has 0 spiro atoms. The quantitative estimate of drug-likeness (QED) is 0.100. The first-order valence-corrected chi connectivity index (χ1v) is 18.3. The second-order valence-electron chi connectivity index (χ2n) is 14.1. The van der Waals surface area contributed by atoms with Crippen LogP contribution in [0.15, 0.2) is 48.1 Å². The van der Waals surface area contributed by atoms with Gasteiger partial charge in [0.15, 0.2) is 17.2 Å². The predicted octanol–water partition coefficient (Wildman–Crippen LogP) is 3.44. The fourth-order valence-electron chi connectivity index (χ4n) is 8.90. The van der Waals surface area contributed by atoms with E-state index in [0.717, 1.165) is 19.6 Å². The molecule has 2 radical (unpaired) electrons. The number of ketones is 2. The summed E-state index contributed by atoms with van der Waals surface area (Å²) >= 11 is 0. The molecule has 0 saturated heterocycles. The average molecular weight is 791 g/mol. The van der Waals surface area contributed by atoms with E-state index in [0.29, 0.717) is 42.7 Å². The Morgan fingerprint density at radius 1 is 1.10 bits per heavy atom. The maximum atomic E-state index is 17.0. The van der Waals surface area contributed by atoms with Crippen molar-refractivity contribution in [3.63, 3.8) is 0 Å². The first kappa shape index (κ1) is 49.5. The molecule has 1 aromatic rings. The zero-order valence-corrected chi connectivity index (χ0v) is 36.9. The summed E-state index contributed by atoms with van der Waals surface area (Å²) in [5.41, 5.74) is 0.846. The third kappa shape index (κ3) is 9.37. The molecule has 0 aliphatic heterocycles. The monoisotopic (exact) mass is 790 g/mol. The summed E-state index contributed by atoms with van der Waals surface area (Å²) in [5.74, 6) is -3.16. The van der Waals surface area contributed by atoms with E-state index in [4.69, 9.17) is 20.3 Å². The Bertz CT molecular complexity index is 1550. The zero-order valence-electron chi connectivity index (χ0n) is 31.2. The Labute approximate surface area is 355 Å². The van der Waals surface area contributed by atoms with Crippen molar-refractivity contribution in [1.82, 2.24) is 4.90 Å². The van der Waals surface area contributed by atoms with E-state index in [1.807, 2.05) is 0 Å². The minimum Gasteiger partial charge on any atom is -0.461 e. The van der Waals surface area contributed by atoms with Crippen molar-refractivity contribution in [1.29, 1.82) is 0 Å². The number of phosphoric acid groups is 1. The van der Waals surface area contributed by atoms with Gasteiger partial charge in [-0.3, -0.25) is 14.1 Å². The van der Waals surface area contributed by atoms with Crippen molar-refractivity contribution < 1.29 is 52.6 Å². The van der Waals surface area contributed by atoms with Crippen LogP contribution in [0.5, 0.6) is 0 Å². The number of nitrogens with zero attached hydrogens (tertiary/aromatic N) is 1. The molecule has 3 saturated carbocycles. The largest absolute Gasteiger partial charge is 0.470 e. The van der Waals surface area contributed by atoms with Crippen LogP contribution in [0.25, 0.3) is 0 Å². The van der Waals surface area contributed by atoms with Crippen LogP contribution in [0, 0.1) is 28.6 Å². The van der Waals surface area contributed by atoms with Crippen molar-refractivity contribution in [3.05, 3.63) is 53.6 Å². The summed E-state index contributed by atoms with van der Waals surface area (Å²) in [4.78, 5) is 56.7. The smallest absolute Gasteiger partial charge is 0.461 e. The van der Waals surface area contributed by atoms with Gasteiger partial charge in [0.25, 0.3) is 0 Å². The second kappa shape index (κ2) is 19.1. The maximum absolute atomic E-state index is 17.0. The topological polar surface area (TPSA) is 197 Å². The number of halogens is 2. The van der Waals surface area contributed by atoms with Gasteiger partial charge in [0.1, 0.15) is 18.8 Å². The number of hydrogen-bond donors (Lipinski definition) is 5. The number of alkyl halides is 1. The Morgan fingerprint density at radius 3 is 2.25 bits per heavy atom. The van der Waals surface area contributed by atoms with Gasteiger partial charge in [0, 0.05) is 88.1 Å². The van der Waals surface area contributed by atoms with Gasteiger partial charge < -0.3 is 35.4 Å². The Kier molecular flexibility index (Phi) is 18.2. The number of fused-ring (bicyclic) bond motifs is 5. The molecule has 0 aromatic heterocycles. The third-order valence-electron chi connectivity index (χ3n) is 11.7. The van der Waals surface area contributed by atoms with Crippen molar-refractivity contribution in [2.45, 2.75) is 77.7 Å². The van der Waals surface area contributed by atoms with E-state index in [1.165, 1.54) is 18.2 Å². The molecule has 8 atom stereocenters. The first-order valence-electron chi connectivity index (χ1n) is 16.8. The number of aliphatic hydroxyl groups is 2. The SMILES string of the molecule is CCN(CC)CCOC(=O)c1ccc(N)cc1.C[C@@H]1C[C@H]2[C@@H]3CCC4=CC(=O)C=C[C@]4(C)[C@@]3(F)[C@@H](O)C[C@]2(C)[C@@]1(O)C(=O)COP(=O)(O)O.Cl.[Na].[Na]. The molecular formula is C35H51ClFN2Na2O10P. The average Bonchev–Trinajstić information content (AvgIpc) is 3.24. The number of allylic oxidation sites excluding steroid dienone is 4. The third-order valence-corrected chi connectivity index (χ3v) is 12.2. The second-order valence-corrected chi connectivity index (χ2v) is 15.4. The Hall–Kier alpha value is -0.480. The van der Waals surface area contributed by atoms with Crippen LogP contribution in [0.1, 0.15) is 70.7 Å². The van der Waals surface area contributed by atoms with Crippen LogP contribution in [0.3, 0.4) is 0 Å². The van der Waals surface area contributed by atoms with Gasteiger partial charge in [-0.25, -0.2) is 13.8 Å². The van der Waals surface area contributed by atoms with E-state index in [2.05, 4.69) is 23.3 Å². The molecule has 5 rings (SSSR count). The molecule has 4 aliphatic rings. The first-order chi connectivity index (χ1) is 22.8. The summed E-state index contributed by atoms with van der Waals surface area (Å²) in [6.45, 7) is 11.3. The number of nitrogens with two attached hydrogens (primary N) is 1. The molecule has 6 N–H and O–H groups in total. The number of carbonyl (C=O) groups excluding carboxylic acids is 3. The van der Waals surface area contributed by atoms with Crippen LogP contribution in [0.2, 0.25) is 0 Å². The van der Waals surface area contributed by atoms with Crippen LogP contribution in [-0.2, 0) is 23.4 Å². The fraction of sp³-hybridized carbons (Fsp3) is 0.629. The number of rotatable bonds is 10. The van der Waals surface area contributed by atoms with Crippen molar-refractivity contribution >= 4 is 103 Å². The molecule has 4 aliphatic carbocycles. The predicted molar refractivity (Wildman–Crippen MR) is 199 cm³/mol. The fourth-order valence-corrected chi connectivity index (χ4v) is 9.19. The number of hydrogen-bond acceptors (Lipinski definition) is 10. The van der Waals surface area contributed by atoms with Crippen LogP contribution >= 0.6 is 20.2 Å². The van der Waals surface area contributed by atoms with Crippen LogP contribution in [0.4, 0.5) is 10.1 Å². The van der Waals surface area contributed by atoms with Gasteiger partial charge in [-0.05, 0) is 93.9 Å². The number of ether oxygens (including phenoxy) is 1. The van der Waals surface area contributed by atoms with Crippen LogP contribution < -0.4 is 5.73 Å². The summed E-state index contributed by atoms with van der Waals surface area (Å²) in [7, 11) is -4.93. The normalized spacial score (nSPS) is 33.0. The number of Topliss-reactive ketones (excluding diaryl/α,β-unsaturated/α-hetero) is 1. The molecule has 1 aromatic carbocycles. The summed E-state index contributed by atoms with van der Waals surface area (Å²) < 4.78 is 37.6. The minimum atomic E-state index is -4.93. The number of phosphoric ester groups is 1. The van der Waals surface area contributed by atoms with Crippen molar-refractivity contribution in [2.75, 3.05) is 38.6 Å². The molecule has 0 bridgehead atoms. The van der Waals surface area contributed by atoms with E-state index in [-0.39, 0.29) is 89.7 Å². The van der Waals surface area contributed by atoms with Gasteiger partial charge in [-0.2, -0.15) is 0 Å². The van der Waals surface area contributed by atoms with E-state index in [1.54, 1.807) is 45.0 Å². The van der Waals surface area contributed by atoms with E-state index >= 15 is 4.39 Å². The molecule has 17 heteroatoms. The summed E-state index contributed by atoms with van der Waals surface area (Å²) in [6, 6.07) is 6.74. The number of nitrogen functional groups attached to an aromatic ring is 1. The maximum Gasteiger partial charge on any atom is 0.470 e. The Balaban J connectivity index is 0.000000581. The molecule has 0 heterocycles. The van der Waals surface area contributed by atoms with E-state index < -0.39 is 66.2 Å². The number of aliphatic hydroxyl groups excluding tert-OH is 1. The molecule has 282 valence electrons. The molecule has 3 fully saturated rings.